The van der Waals surface area contributed by atoms with Crippen LogP contribution in [0.1, 0.15) is 47.7 Å². The van der Waals surface area contributed by atoms with E-state index in [0.29, 0.717) is 23.6 Å². The summed E-state index contributed by atoms with van der Waals surface area (Å²) in [5.41, 5.74) is 2.97. The van der Waals surface area contributed by atoms with Crippen LogP contribution in [0.25, 0.3) is 11.5 Å². The highest BCUT2D eigenvalue weighted by molar-refractivity contribution is 5.95. The Hall–Kier alpha value is -4.14. The predicted octanol–water partition coefficient (Wildman–Crippen LogP) is 3.55. The number of aromatic nitrogens is 6. The molecule has 33 heavy (non-hydrogen) atoms. The van der Waals surface area contributed by atoms with Crippen molar-refractivity contribution in [3.8, 4) is 11.5 Å². The van der Waals surface area contributed by atoms with E-state index in [0.717, 1.165) is 30.0 Å². The first-order chi connectivity index (χ1) is 16.2. The number of pyridine rings is 1. The topological polar surface area (TPSA) is 111 Å². The zero-order chi connectivity index (χ0) is 23.0. The van der Waals surface area contributed by atoms with E-state index < -0.39 is 0 Å². The average molecular weight is 443 g/mol. The number of hydrogen-bond acceptors (Lipinski definition) is 7. The highest BCUT2D eigenvalue weighted by atomic mass is 16.1. The zero-order valence-corrected chi connectivity index (χ0v) is 18.6. The van der Waals surface area contributed by atoms with Gasteiger partial charge in [0.15, 0.2) is 11.6 Å². The monoisotopic (exact) mass is 442 g/mol. The Morgan fingerprint density at radius 1 is 1.06 bits per heavy atom. The molecule has 1 amide bonds. The van der Waals surface area contributed by atoms with Gasteiger partial charge in [-0.05, 0) is 42.8 Å². The van der Waals surface area contributed by atoms with Gasteiger partial charge in [0, 0.05) is 30.7 Å². The molecule has 0 bridgehead atoms. The molecule has 2 N–H and O–H groups in total. The lowest BCUT2D eigenvalue weighted by atomic mass is 10.1. The number of nitrogens with one attached hydrogen (secondary N) is 2. The minimum Gasteiger partial charge on any atom is -0.378 e. The van der Waals surface area contributed by atoms with Gasteiger partial charge in [-0.2, -0.15) is 0 Å². The van der Waals surface area contributed by atoms with E-state index in [1.807, 2.05) is 48.0 Å². The van der Waals surface area contributed by atoms with E-state index in [4.69, 9.17) is 0 Å². The molecule has 0 saturated carbocycles. The van der Waals surface area contributed by atoms with Gasteiger partial charge in [-0.3, -0.25) is 9.78 Å². The van der Waals surface area contributed by atoms with Crippen molar-refractivity contribution in [3.05, 3.63) is 84.3 Å². The van der Waals surface area contributed by atoms with Crippen LogP contribution in [-0.2, 0) is 13.6 Å². The van der Waals surface area contributed by atoms with E-state index in [-0.39, 0.29) is 11.9 Å². The van der Waals surface area contributed by atoms with Crippen LogP contribution < -0.4 is 10.6 Å². The Labute approximate surface area is 192 Å². The second kappa shape index (κ2) is 10.4. The molecule has 1 aromatic carbocycles. The predicted molar refractivity (Wildman–Crippen MR) is 125 cm³/mol. The molecule has 1 atom stereocenters. The fraction of sp³-hybridized carbons (Fsp3) is 0.250. The summed E-state index contributed by atoms with van der Waals surface area (Å²) in [6.45, 7) is 2.54. The fourth-order valence-corrected chi connectivity index (χ4v) is 3.52. The molecule has 4 rings (SSSR count). The van der Waals surface area contributed by atoms with Crippen LogP contribution >= 0.6 is 0 Å². The van der Waals surface area contributed by atoms with Crippen molar-refractivity contribution in [2.75, 3.05) is 5.32 Å². The van der Waals surface area contributed by atoms with E-state index in [1.54, 1.807) is 24.5 Å². The van der Waals surface area contributed by atoms with Crippen LogP contribution in [0.5, 0.6) is 0 Å². The first kappa shape index (κ1) is 22.1. The standard InChI is InChI=1S/C24H26N8O/c1-3-7-20(19-10-4-5-12-26-19)29-24(33)17-8-6-9-18(14-17)27-15-22-30-31-23(32(22)2)21-11-13-25-16-28-21/h4-6,8-14,16,20,27H,3,7,15H2,1-2H3,(H,29,33). The van der Waals surface area contributed by atoms with Crippen LogP contribution in [0, 0.1) is 0 Å². The van der Waals surface area contributed by atoms with E-state index in [1.165, 1.54) is 6.33 Å². The summed E-state index contributed by atoms with van der Waals surface area (Å²) in [5.74, 6) is 1.28. The van der Waals surface area contributed by atoms with Gasteiger partial charge in [0.2, 0.25) is 0 Å². The van der Waals surface area contributed by atoms with Crippen LogP contribution in [0.4, 0.5) is 5.69 Å². The van der Waals surface area contributed by atoms with Gasteiger partial charge in [-0.1, -0.05) is 25.5 Å². The number of hydrogen-bond donors (Lipinski definition) is 2. The molecule has 0 aliphatic carbocycles. The van der Waals surface area contributed by atoms with E-state index in [2.05, 4.69) is 42.7 Å². The maximum atomic E-state index is 12.9. The van der Waals surface area contributed by atoms with E-state index >= 15 is 0 Å². The fourth-order valence-electron chi connectivity index (χ4n) is 3.52. The summed E-state index contributed by atoms with van der Waals surface area (Å²) in [4.78, 5) is 25.5. The largest absolute Gasteiger partial charge is 0.378 e. The molecular formula is C24H26N8O. The van der Waals surface area contributed by atoms with Crippen molar-refractivity contribution in [1.29, 1.82) is 0 Å². The molecule has 1 unspecified atom stereocenters. The van der Waals surface area contributed by atoms with Crippen molar-refractivity contribution in [1.82, 2.24) is 35.0 Å². The molecule has 0 radical (unpaired) electrons. The smallest absolute Gasteiger partial charge is 0.251 e. The molecule has 0 aliphatic rings. The van der Waals surface area contributed by atoms with E-state index in [9.17, 15) is 4.79 Å². The molecule has 0 spiro atoms. The Bertz CT molecular complexity index is 1190. The van der Waals surface area contributed by atoms with Gasteiger partial charge in [0.05, 0.1) is 18.3 Å². The van der Waals surface area contributed by atoms with Crippen LogP contribution in [0.3, 0.4) is 0 Å². The van der Waals surface area contributed by atoms with Gasteiger partial charge in [-0.15, -0.1) is 10.2 Å². The maximum Gasteiger partial charge on any atom is 0.251 e. The number of anilines is 1. The third kappa shape index (κ3) is 5.38. The molecule has 0 saturated heterocycles. The van der Waals surface area contributed by atoms with Gasteiger partial charge < -0.3 is 15.2 Å². The summed E-state index contributed by atoms with van der Waals surface area (Å²) < 4.78 is 1.88. The maximum absolute atomic E-state index is 12.9. The molecule has 3 aromatic heterocycles. The normalized spacial score (nSPS) is 11.7. The molecule has 4 aromatic rings. The quantitative estimate of drug-likeness (QED) is 0.408. The van der Waals surface area contributed by atoms with Crippen molar-refractivity contribution in [3.63, 3.8) is 0 Å². The highest BCUT2D eigenvalue weighted by Crippen LogP contribution is 2.19. The summed E-state index contributed by atoms with van der Waals surface area (Å²) in [6, 6.07) is 14.8. The van der Waals surface area contributed by atoms with Gasteiger partial charge in [0.1, 0.15) is 12.0 Å². The Kier molecular flexibility index (Phi) is 6.99. The second-order valence-electron chi connectivity index (χ2n) is 7.60. The van der Waals surface area contributed by atoms with Gasteiger partial charge >= 0.3 is 0 Å². The highest BCUT2D eigenvalue weighted by Gasteiger charge is 2.17. The van der Waals surface area contributed by atoms with Crippen molar-refractivity contribution in [2.45, 2.75) is 32.4 Å². The number of rotatable bonds is 9. The first-order valence-corrected chi connectivity index (χ1v) is 10.9. The van der Waals surface area contributed by atoms with Gasteiger partial charge in [-0.25, -0.2) is 9.97 Å². The van der Waals surface area contributed by atoms with Crippen LogP contribution in [0.2, 0.25) is 0 Å². The Morgan fingerprint density at radius 2 is 1.97 bits per heavy atom. The molecule has 0 fully saturated rings. The lowest BCUT2D eigenvalue weighted by Crippen LogP contribution is -2.29. The number of carbonyl (C=O) groups is 1. The molecule has 168 valence electrons. The minimum atomic E-state index is -0.132. The van der Waals surface area contributed by atoms with Gasteiger partial charge in [0.25, 0.3) is 5.91 Å². The summed E-state index contributed by atoms with van der Waals surface area (Å²) in [5, 5.41) is 14.9. The Morgan fingerprint density at radius 3 is 2.73 bits per heavy atom. The third-order valence-corrected chi connectivity index (χ3v) is 5.28. The molecule has 9 heteroatoms. The van der Waals surface area contributed by atoms with Crippen LogP contribution in [-0.4, -0.2) is 35.6 Å². The lowest BCUT2D eigenvalue weighted by Gasteiger charge is -2.18. The molecule has 9 nitrogen and oxygen atoms in total. The zero-order valence-electron chi connectivity index (χ0n) is 18.6. The summed E-state index contributed by atoms with van der Waals surface area (Å²) in [6.07, 6.45) is 6.67. The van der Waals surface area contributed by atoms with Crippen molar-refractivity contribution >= 4 is 11.6 Å². The number of carbonyl (C=O) groups excluding carboxylic acids is 1. The number of nitrogens with zero attached hydrogens (tertiary/aromatic N) is 6. The number of amides is 1. The molecule has 3 heterocycles. The molecular weight excluding hydrogens is 416 g/mol. The Balaban J connectivity index is 1.43. The third-order valence-electron chi connectivity index (χ3n) is 5.28. The number of benzene rings is 1. The minimum absolute atomic E-state index is 0.126. The van der Waals surface area contributed by atoms with Crippen LogP contribution in [0.15, 0.2) is 67.3 Å². The van der Waals surface area contributed by atoms with Crippen molar-refractivity contribution < 1.29 is 4.79 Å². The average Bonchev–Trinajstić information content (AvgIpc) is 3.23. The second-order valence-corrected chi connectivity index (χ2v) is 7.60. The SMILES string of the molecule is CCCC(NC(=O)c1cccc(NCc2nnc(-c3ccncn3)n2C)c1)c1ccccn1. The van der Waals surface area contributed by atoms with Crippen molar-refractivity contribution in [2.24, 2.45) is 7.05 Å². The summed E-state index contributed by atoms with van der Waals surface area (Å²) >= 11 is 0. The lowest BCUT2D eigenvalue weighted by molar-refractivity contribution is 0.0933. The first-order valence-electron chi connectivity index (χ1n) is 10.9. The summed E-state index contributed by atoms with van der Waals surface area (Å²) in [7, 11) is 1.89. The molecule has 0 aliphatic heterocycles.